The van der Waals surface area contributed by atoms with E-state index < -0.39 is 0 Å². The molecule has 0 aromatic heterocycles. The molecule has 0 bridgehead atoms. The van der Waals surface area contributed by atoms with Crippen LogP contribution < -0.4 is 5.48 Å². The maximum atomic E-state index is 10.1. The lowest BCUT2D eigenvalue weighted by Crippen LogP contribution is -2.04. The highest BCUT2D eigenvalue weighted by molar-refractivity contribution is 4.51. The number of unbranched alkanes of at least 4 members (excludes halogenated alkanes) is 17. The summed E-state index contributed by atoms with van der Waals surface area (Å²) in [5.41, 5.74) is 1.97. The molecule has 23 heavy (non-hydrogen) atoms. The zero-order valence-corrected chi connectivity index (χ0v) is 15.5. The zero-order valence-electron chi connectivity index (χ0n) is 15.5. The predicted octanol–water partition coefficient (Wildman–Crippen LogP) is 6.09. The second-order valence-corrected chi connectivity index (χ2v) is 6.98. The van der Waals surface area contributed by atoms with Crippen molar-refractivity contribution in [1.29, 1.82) is 0 Å². The summed E-state index contributed by atoms with van der Waals surface area (Å²) in [5.74, 6) is 0. The minimum atomic E-state index is 0.361. The molecule has 2 N–H and O–H groups in total. The molecule has 0 saturated carbocycles. The van der Waals surface area contributed by atoms with Crippen LogP contribution in [0.3, 0.4) is 0 Å². The molecule has 0 aliphatic carbocycles. The molecule has 3 nitrogen and oxygen atoms in total. The van der Waals surface area contributed by atoms with E-state index in [1.165, 1.54) is 103 Å². The minimum absolute atomic E-state index is 0.361. The van der Waals surface area contributed by atoms with Crippen molar-refractivity contribution in [3.63, 3.8) is 0 Å². The second kappa shape index (κ2) is 21.9. The normalized spacial score (nSPS) is 11.2. The van der Waals surface area contributed by atoms with Gasteiger partial charge in [-0.05, 0) is 19.4 Å². The molecule has 0 atom stereocenters. The van der Waals surface area contributed by atoms with Crippen molar-refractivity contribution in [2.24, 2.45) is 0 Å². The maximum Gasteiger partial charge on any atom is 0.0431 e. The number of aliphatic hydroxyl groups excluding tert-OH is 1. The molecular formula is C20H42NO2-. The fraction of sp³-hybridized carbons (Fsp3) is 1.00. The Morgan fingerprint density at radius 2 is 0.696 bits per heavy atom. The smallest absolute Gasteiger partial charge is 0.0431 e. The average molecular weight is 329 g/mol. The van der Waals surface area contributed by atoms with E-state index in [1.54, 1.807) is 0 Å². The highest BCUT2D eigenvalue weighted by Crippen LogP contribution is 2.14. The van der Waals surface area contributed by atoms with Gasteiger partial charge in [0.05, 0.1) is 0 Å². The van der Waals surface area contributed by atoms with E-state index in [0.29, 0.717) is 13.2 Å². The molecule has 0 fully saturated rings. The van der Waals surface area contributed by atoms with Crippen LogP contribution in [0.4, 0.5) is 0 Å². The third-order valence-electron chi connectivity index (χ3n) is 4.69. The molecule has 0 aliphatic rings. The Morgan fingerprint density at radius 1 is 0.435 bits per heavy atom. The Balaban J connectivity index is 2.92. The third-order valence-corrected chi connectivity index (χ3v) is 4.69. The van der Waals surface area contributed by atoms with Gasteiger partial charge in [-0.3, -0.25) is 0 Å². The van der Waals surface area contributed by atoms with E-state index in [-0.39, 0.29) is 0 Å². The van der Waals surface area contributed by atoms with Crippen LogP contribution in [0.15, 0.2) is 0 Å². The van der Waals surface area contributed by atoms with Gasteiger partial charge in [-0.25, -0.2) is 0 Å². The van der Waals surface area contributed by atoms with Crippen molar-refractivity contribution in [3.05, 3.63) is 5.21 Å². The Labute approximate surface area is 145 Å². The summed E-state index contributed by atoms with van der Waals surface area (Å²) in [6.07, 6.45) is 23.8. The van der Waals surface area contributed by atoms with Crippen molar-refractivity contribution >= 4 is 0 Å². The Bertz CT molecular complexity index is 180. The third kappa shape index (κ3) is 21.9. The van der Waals surface area contributed by atoms with Crippen LogP contribution in [0.1, 0.15) is 116 Å². The molecule has 0 saturated heterocycles. The van der Waals surface area contributed by atoms with Gasteiger partial charge < -0.3 is 15.8 Å². The molecule has 0 heterocycles. The van der Waals surface area contributed by atoms with Crippen molar-refractivity contribution in [2.45, 2.75) is 116 Å². The van der Waals surface area contributed by atoms with Gasteiger partial charge in [0.15, 0.2) is 0 Å². The van der Waals surface area contributed by atoms with Gasteiger partial charge in [0, 0.05) is 6.61 Å². The van der Waals surface area contributed by atoms with Crippen LogP contribution >= 0.6 is 0 Å². The van der Waals surface area contributed by atoms with Crippen molar-refractivity contribution in [2.75, 3.05) is 13.2 Å². The molecule has 0 radical (unpaired) electrons. The molecule has 0 rings (SSSR count). The van der Waals surface area contributed by atoms with E-state index in [0.717, 1.165) is 12.8 Å². The van der Waals surface area contributed by atoms with Crippen LogP contribution in [0.2, 0.25) is 0 Å². The number of nitrogens with one attached hydrogen (secondary N) is 1. The zero-order chi connectivity index (χ0) is 16.8. The summed E-state index contributed by atoms with van der Waals surface area (Å²) in [5, 5.41) is 18.8. The van der Waals surface area contributed by atoms with E-state index in [9.17, 15) is 5.21 Å². The van der Waals surface area contributed by atoms with Gasteiger partial charge in [-0.1, -0.05) is 103 Å². The first-order valence-corrected chi connectivity index (χ1v) is 10.4. The first-order chi connectivity index (χ1) is 11.4. The number of hydroxylamine groups is 1. The van der Waals surface area contributed by atoms with Gasteiger partial charge in [0.2, 0.25) is 0 Å². The van der Waals surface area contributed by atoms with E-state index in [1.807, 2.05) is 5.48 Å². The molecule has 0 aliphatic heterocycles. The number of aliphatic hydroxyl groups is 1. The Kier molecular flexibility index (Phi) is 21.8. The summed E-state index contributed by atoms with van der Waals surface area (Å²) in [7, 11) is 0. The lowest BCUT2D eigenvalue weighted by atomic mass is 10.0. The van der Waals surface area contributed by atoms with E-state index >= 15 is 0 Å². The van der Waals surface area contributed by atoms with Crippen molar-refractivity contribution in [1.82, 2.24) is 5.48 Å². The van der Waals surface area contributed by atoms with Crippen LogP contribution in [0.5, 0.6) is 0 Å². The monoisotopic (exact) mass is 328 g/mol. The summed E-state index contributed by atoms with van der Waals surface area (Å²) in [6, 6.07) is 0. The fourth-order valence-corrected chi connectivity index (χ4v) is 3.14. The molecule has 0 aromatic carbocycles. The van der Waals surface area contributed by atoms with Crippen LogP contribution in [0.25, 0.3) is 0 Å². The van der Waals surface area contributed by atoms with Crippen LogP contribution in [-0.2, 0) is 0 Å². The summed E-state index contributed by atoms with van der Waals surface area (Å²) in [4.78, 5) is 0. The first kappa shape index (κ1) is 22.9. The van der Waals surface area contributed by atoms with Gasteiger partial charge in [-0.2, -0.15) is 0 Å². The minimum Gasteiger partial charge on any atom is -0.788 e. The largest absolute Gasteiger partial charge is 0.788 e. The molecule has 140 valence electrons. The summed E-state index contributed by atoms with van der Waals surface area (Å²) < 4.78 is 0. The lowest BCUT2D eigenvalue weighted by molar-refractivity contribution is 0.282. The highest BCUT2D eigenvalue weighted by atomic mass is 16.5. The molecule has 0 spiro atoms. The van der Waals surface area contributed by atoms with Crippen molar-refractivity contribution in [3.8, 4) is 0 Å². The standard InChI is InChI=1S/C20H42NO2/c22-20-18-16-14-12-10-8-6-4-2-1-3-5-7-9-11-13-15-17-19-21-23/h21-22H,1-20H2/q-1. The van der Waals surface area contributed by atoms with Gasteiger partial charge in [0.1, 0.15) is 0 Å². The highest BCUT2D eigenvalue weighted by Gasteiger charge is 1.95. The number of hydrogen-bond donors (Lipinski definition) is 2. The number of rotatable bonds is 20. The second-order valence-electron chi connectivity index (χ2n) is 6.98. The first-order valence-electron chi connectivity index (χ1n) is 10.4. The molecule has 3 heteroatoms. The summed E-state index contributed by atoms with van der Waals surface area (Å²) >= 11 is 0. The van der Waals surface area contributed by atoms with E-state index in [4.69, 9.17) is 5.11 Å². The van der Waals surface area contributed by atoms with Crippen molar-refractivity contribution < 1.29 is 5.11 Å². The summed E-state index contributed by atoms with van der Waals surface area (Å²) in [6.45, 7) is 0.990. The van der Waals surface area contributed by atoms with E-state index in [2.05, 4.69) is 0 Å². The lowest BCUT2D eigenvalue weighted by Gasteiger charge is -2.06. The van der Waals surface area contributed by atoms with Gasteiger partial charge >= 0.3 is 0 Å². The van der Waals surface area contributed by atoms with Gasteiger partial charge in [-0.15, -0.1) is 0 Å². The fourth-order valence-electron chi connectivity index (χ4n) is 3.14. The SMILES string of the molecule is [O-]NCCCCCCCCCCCCCCCCCCCCO. The van der Waals surface area contributed by atoms with Crippen LogP contribution in [0, 0.1) is 5.21 Å². The number of hydrogen-bond acceptors (Lipinski definition) is 3. The predicted molar refractivity (Wildman–Crippen MR) is 102 cm³/mol. The Hall–Kier alpha value is -0.120. The molecular weight excluding hydrogens is 286 g/mol. The quantitative estimate of drug-likeness (QED) is 0.210. The van der Waals surface area contributed by atoms with Gasteiger partial charge in [0.25, 0.3) is 0 Å². The molecule has 0 unspecified atom stereocenters. The molecule has 0 aromatic rings. The Morgan fingerprint density at radius 3 is 0.957 bits per heavy atom. The molecule has 0 amide bonds. The maximum absolute atomic E-state index is 10.1. The topological polar surface area (TPSA) is 55.3 Å². The van der Waals surface area contributed by atoms with Crippen LogP contribution in [-0.4, -0.2) is 18.3 Å². The average Bonchev–Trinajstić information content (AvgIpc) is 2.57.